The van der Waals surface area contributed by atoms with Crippen LogP contribution in [-0.4, -0.2) is 29.2 Å². The first-order chi connectivity index (χ1) is 14.9. The van der Waals surface area contributed by atoms with E-state index in [0.717, 1.165) is 43.6 Å². The summed E-state index contributed by atoms with van der Waals surface area (Å²) < 4.78 is 44.7. The summed E-state index contributed by atoms with van der Waals surface area (Å²) >= 11 is 0. The van der Waals surface area contributed by atoms with Crippen LogP contribution in [0.5, 0.6) is 11.5 Å². The lowest BCUT2D eigenvalue weighted by Gasteiger charge is -2.22. The molecular formula is C25H24F3NO2. The normalized spacial score (nSPS) is 17.1. The van der Waals surface area contributed by atoms with E-state index in [2.05, 4.69) is 4.90 Å². The van der Waals surface area contributed by atoms with Crippen LogP contribution in [0.15, 0.2) is 72.8 Å². The zero-order chi connectivity index (χ0) is 21.8. The maximum absolute atomic E-state index is 12.9. The van der Waals surface area contributed by atoms with Crippen LogP contribution in [0.1, 0.15) is 24.0 Å². The average molecular weight is 427 g/mol. The number of alkyl halides is 3. The Balaban J connectivity index is 1.40. The molecule has 3 aromatic rings. The van der Waals surface area contributed by atoms with E-state index in [-0.39, 0.29) is 12.6 Å². The van der Waals surface area contributed by atoms with Crippen LogP contribution in [-0.2, 0) is 12.7 Å². The fraction of sp³-hybridized carbons (Fsp3) is 0.280. The number of nitrogens with zero attached hydrogens (tertiary/aromatic N) is 1. The maximum atomic E-state index is 12.9. The van der Waals surface area contributed by atoms with Crippen molar-refractivity contribution in [2.45, 2.75) is 31.6 Å². The summed E-state index contributed by atoms with van der Waals surface area (Å²) in [5, 5.41) is 9.45. The van der Waals surface area contributed by atoms with Gasteiger partial charge in [-0.2, -0.15) is 13.2 Å². The lowest BCUT2D eigenvalue weighted by molar-refractivity contribution is -0.137. The first-order valence-electron chi connectivity index (χ1n) is 10.3. The van der Waals surface area contributed by atoms with E-state index in [1.807, 2.05) is 24.3 Å². The highest BCUT2D eigenvalue weighted by Gasteiger charge is 2.30. The molecule has 1 N–H and O–H groups in total. The number of aliphatic hydroxyl groups is 1. The van der Waals surface area contributed by atoms with Gasteiger partial charge in [0.25, 0.3) is 0 Å². The number of ether oxygens (including phenoxy) is 1. The van der Waals surface area contributed by atoms with Crippen molar-refractivity contribution in [1.82, 2.24) is 4.90 Å². The van der Waals surface area contributed by atoms with E-state index in [1.165, 1.54) is 6.07 Å². The minimum absolute atomic E-state index is 0.192. The first-order valence-corrected chi connectivity index (χ1v) is 10.3. The van der Waals surface area contributed by atoms with Crippen LogP contribution in [0.4, 0.5) is 13.2 Å². The van der Waals surface area contributed by atoms with Gasteiger partial charge in [0.1, 0.15) is 11.5 Å². The van der Waals surface area contributed by atoms with Crippen LogP contribution in [0.25, 0.3) is 11.1 Å². The molecule has 31 heavy (non-hydrogen) atoms. The molecule has 4 rings (SSSR count). The maximum Gasteiger partial charge on any atom is 0.416 e. The quantitative estimate of drug-likeness (QED) is 0.514. The second-order valence-corrected chi connectivity index (χ2v) is 7.80. The number of likely N-dealkylation sites (tertiary alicyclic amines) is 1. The Morgan fingerprint density at radius 2 is 1.58 bits per heavy atom. The average Bonchev–Trinajstić information content (AvgIpc) is 3.22. The number of halogens is 3. The van der Waals surface area contributed by atoms with E-state index in [0.29, 0.717) is 22.6 Å². The van der Waals surface area contributed by atoms with Crippen molar-refractivity contribution in [2.24, 2.45) is 0 Å². The zero-order valence-corrected chi connectivity index (χ0v) is 17.0. The Hall–Kier alpha value is -2.83. The van der Waals surface area contributed by atoms with Crippen LogP contribution >= 0.6 is 0 Å². The van der Waals surface area contributed by atoms with Gasteiger partial charge in [-0.25, -0.2) is 0 Å². The molecule has 1 saturated heterocycles. The Kier molecular flexibility index (Phi) is 6.30. The Morgan fingerprint density at radius 3 is 2.23 bits per heavy atom. The molecule has 0 radical (unpaired) electrons. The fourth-order valence-corrected chi connectivity index (χ4v) is 3.93. The number of hydrogen-bond acceptors (Lipinski definition) is 3. The van der Waals surface area contributed by atoms with Gasteiger partial charge in [0.15, 0.2) is 0 Å². The second-order valence-electron chi connectivity index (χ2n) is 7.80. The molecule has 0 amide bonds. The van der Waals surface area contributed by atoms with E-state index < -0.39 is 11.7 Å². The Morgan fingerprint density at radius 1 is 0.903 bits per heavy atom. The molecule has 3 nitrogen and oxygen atoms in total. The van der Waals surface area contributed by atoms with Gasteiger partial charge in [-0.05, 0) is 72.5 Å². The summed E-state index contributed by atoms with van der Waals surface area (Å²) in [4.78, 5) is 2.29. The SMILES string of the molecule is OC[C@H]1CCCN1Cc1ccc(Oc2ccc(-c3cccc(C(F)(F)F)c3)cc2)cc1. The van der Waals surface area contributed by atoms with Crippen LogP contribution in [0, 0.1) is 0 Å². The molecule has 1 aliphatic heterocycles. The van der Waals surface area contributed by atoms with Crippen molar-refractivity contribution < 1.29 is 23.0 Å². The molecule has 0 unspecified atom stereocenters. The van der Waals surface area contributed by atoms with Gasteiger partial charge in [0.2, 0.25) is 0 Å². The lowest BCUT2D eigenvalue weighted by atomic mass is 10.0. The third-order valence-electron chi connectivity index (χ3n) is 5.63. The van der Waals surface area contributed by atoms with E-state index >= 15 is 0 Å². The molecule has 0 bridgehead atoms. The minimum Gasteiger partial charge on any atom is -0.457 e. The highest BCUT2D eigenvalue weighted by molar-refractivity contribution is 5.65. The van der Waals surface area contributed by atoms with Gasteiger partial charge < -0.3 is 9.84 Å². The highest BCUT2D eigenvalue weighted by Crippen LogP contribution is 2.33. The van der Waals surface area contributed by atoms with Crippen molar-refractivity contribution in [1.29, 1.82) is 0 Å². The van der Waals surface area contributed by atoms with Gasteiger partial charge in [0, 0.05) is 12.6 Å². The Bertz CT molecular complexity index is 1000. The summed E-state index contributed by atoms with van der Waals surface area (Å²) in [6.07, 6.45) is -2.21. The van der Waals surface area contributed by atoms with E-state index in [1.54, 1.807) is 30.3 Å². The summed E-state index contributed by atoms with van der Waals surface area (Å²) in [5.41, 5.74) is 1.70. The monoisotopic (exact) mass is 427 g/mol. The van der Waals surface area contributed by atoms with Crippen molar-refractivity contribution in [3.05, 3.63) is 83.9 Å². The van der Waals surface area contributed by atoms with Gasteiger partial charge in [0.05, 0.1) is 12.2 Å². The predicted molar refractivity (Wildman–Crippen MR) is 114 cm³/mol. The first kappa shape index (κ1) is 21.4. The molecule has 0 spiro atoms. The molecule has 0 aromatic heterocycles. The molecule has 1 fully saturated rings. The standard InChI is InChI=1S/C25H24F3NO2/c26-25(27,28)21-4-1-3-20(15-21)19-8-12-24(13-9-19)31-23-10-6-18(7-11-23)16-29-14-2-5-22(29)17-30/h1,3-4,6-13,15,22,30H,2,5,14,16-17H2/t22-/m1/s1. The van der Waals surface area contributed by atoms with Crippen LogP contribution in [0.3, 0.4) is 0 Å². The van der Waals surface area contributed by atoms with E-state index in [4.69, 9.17) is 4.74 Å². The Labute approximate surface area is 179 Å². The number of benzene rings is 3. The number of rotatable bonds is 6. The van der Waals surface area contributed by atoms with Gasteiger partial charge in [-0.15, -0.1) is 0 Å². The van der Waals surface area contributed by atoms with Crippen molar-refractivity contribution >= 4 is 0 Å². The number of hydrogen-bond donors (Lipinski definition) is 1. The molecule has 0 saturated carbocycles. The summed E-state index contributed by atoms with van der Waals surface area (Å²) in [6, 6.07) is 20.4. The predicted octanol–water partition coefficient (Wildman–Crippen LogP) is 6.12. The fourth-order valence-electron chi connectivity index (χ4n) is 3.93. The van der Waals surface area contributed by atoms with Gasteiger partial charge in [-0.3, -0.25) is 4.90 Å². The molecule has 162 valence electrons. The van der Waals surface area contributed by atoms with Crippen molar-refractivity contribution in [2.75, 3.05) is 13.2 Å². The summed E-state index contributed by atoms with van der Waals surface area (Å²) in [7, 11) is 0. The molecule has 1 heterocycles. The highest BCUT2D eigenvalue weighted by atomic mass is 19.4. The molecule has 0 aliphatic carbocycles. The third kappa shape index (κ3) is 5.27. The molecular weight excluding hydrogens is 403 g/mol. The van der Waals surface area contributed by atoms with Gasteiger partial charge >= 0.3 is 6.18 Å². The van der Waals surface area contributed by atoms with Crippen LogP contribution < -0.4 is 4.74 Å². The van der Waals surface area contributed by atoms with Crippen LogP contribution in [0.2, 0.25) is 0 Å². The summed E-state index contributed by atoms with van der Waals surface area (Å²) in [5.74, 6) is 1.30. The third-order valence-corrected chi connectivity index (χ3v) is 5.63. The van der Waals surface area contributed by atoms with Crippen molar-refractivity contribution in [3.63, 3.8) is 0 Å². The smallest absolute Gasteiger partial charge is 0.416 e. The number of aliphatic hydroxyl groups excluding tert-OH is 1. The second kappa shape index (κ2) is 9.12. The lowest BCUT2D eigenvalue weighted by Crippen LogP contribution is -2.31. The molecule has 3 aromatic carbocycles. The largest absolute Gasteiger partial charge is 0.457 e. The summed E-state index contributed by atoms with van der Waals surface area (Å²) in [6.45, 7) is 2.00. The molecule has 1 atom stereocenters. The zero-order valence-electron chi connectivity index (χ0n) is 17.0. The topological polar surface area (TPSA) is 32.7 Å². The van der Waals surface area contributed by atoms with E-state index in [9.17, 15) is 18.3 Å². The van der Waals surface area contributed by atoms with Crippen molar-refractivity contribution in [3.8, 4) is 22.6 Å². The molecule has 6 heteroatoms. The molecule has 1 aliphatic rings. The minimum atomic E-state index is -4.36. The van der Waals surface area contributed by atoms with Gasteiger partial charge in [-0.1, -0.05) is 36.4 Å².